The van der Waals surface area contributed by atoms with Crippen LogP contribution in [0.5, 0.6) is 0 Å². The van der Waals surface area contributed by atoms with Crippen molar-refractivity contribution in [3.8, 4) is 0 Å². The van der Waals surface area contributed by atoms with E-state index < -0.39 is 0 Å². The van der Waals surface area contributed by atoms with Crippen molar-refractivity contribution in [3.63, 3.8) is 0 Å². The number of rotatable bonds is 6. The highest BCUT2D eigenvalue weighted by Crippen LogP contribution is 2.41. The number of carbonyl (C=O) groups is 1. The Hall–Kier alpha value is -2.37. The Bertz CT molecular complexity index is 893. The number of hydrogen-bond acceptors (Lipinski definition) is 5. The summed E-state index contributed by atoms with van der Waals surface area (Å²) in [5.41, 5.74) is 4.29. The number of para-hydroxylation sites is 1. The molecule has 158 valence electrons. The molecule has 5 nitrogen and oxygen atoms in total. The number of methoxy groups -OCH3 is 1. The van der Waals surface area contributed by atoms with Gasteiger partial charge in [-0.3, -0.25) is 0 Å². The van der Waals surface area contributed by atoms with Gasteiger partial charge in [-0.1, -0.05) is 30.3 Å². The summed E-state index contributed by atoms with van der Waals surface area (Å²) in [4.78, 5) is 17.5. The first-order valence-corrected chi connectivity index (χ1v) is 11.2. The predicted molar refractivity (Wildman–Crippen MR) is 119 cm³/mol. The molecular weight excluding hydrogens is 374 g/mol. The number of esters is 1. The van der Waals surface area contributed by atoms with Crippen LogP contribution in [0.2, 0.25) is 0 Å². The number of carbonyl (C=O) groups excluding carboxylic acids is 1. The molecule has 0 aromatic heterocycles. The average Bonchev–Trinajstić information content (AvgIpc) is 3.19. The fraction of sp³-hybridized carbons (Fsp3) is 0.480. The van der Waals surface area contributed by atoms with E-state index in [9.17, 15) is 4.79 Å². The molecule has 0 aliphatic carbocycles. The van der Waals surface area contributed by atoms with Gasteiger partial charge in [0, 0.05) is 24.8 Å². The topological polar surface area (TPSA) is 44.8 Å². The Morgan fingerprint density at radius 1 is 1.10 bits per heavy atom. The van der Waals surface area contributed by atoms with Gasteiger partial charge in [0.2, 0.25) is 0 Å². The van der Waals surface area contributed by atoms with Gasteiger partial charge in [0.05, 0.1) is 18.7 Å². The third kappa shape index (κ3) is 3.61. The van der Waals surface area contributed by atoms with Gasteiger partial charge in [-0.2, -0.15) is 0 Å². The molecule has 3 saturated heterocycles. The van der Waals surface area contributed by atoms with E-state index in [1.807, 2.05) is 12.1 Å². The van der Waals surface area contributed by atoms with Gasteiger partial charge in [0.25, 0.3) is 0 Å². The molecule has 3 fully saturated rings. The Labute approximate surface area is 179 Å². The fourth-order valence-corrected chi connectivity index (χ4v) is 5.67. The van der Waals surface area contributed by atoms with Crippen LogP contribution in [-0.4, -0.2) is 50.2 Å². The minimum absolute atomic E-state index is 0.172. The summed E-state index contributed by atoms with van der Waals surface area (Å²) in [6.07, 6.45) is 3.62. The molecule has 6 rings (SSSR count). The lowest BCUT2D eigenvalue weighted by molar-refractivity contribution is 0.0598. The van der Waals surface area contributed by atoms with Crippen LogP contribution in [0.25, 0.3) is 0 Å². The Morgan fingerprint density at radius 2 is 1.90 bits per heavy atom. The highest BCUT2D eigenvalue weighted by molar-refractivity contribution is 5.92. The molecule has 4 heterocycles. The third-order valence-corrected chi connectivity index (χ3v) is 7.22. The lowest BCUT2D eigenvalue weighted by Crippen LogP contribution is -2.56. The predicted octanol–water partition coefficient (Wildman–Crippen LogP) is 3.61. The zero-order valence-corrected chi connectivity index (χ0v) is 17.7. The van der Waals surface area contributed by atoms with Gasteiger partial charge >= 0.3 is 5.97 Å². The van der Waals surface area contributed by atoms with E-state index in [0.717, 1.165) is 31.0 Å². The summed E-state index contributed by atoms with van der Waals surface area (Å²) in [7, 11) is 1.47. The van der Waals surface area contributed by atoms with E-state index >= 15 is 0 Å². The fourth-order valence-electron chi connectivity index (χ4n) is 5.67. The van der Waals surface area contributed by atoms with Gasteiger partial charge in [0.15, 0.2) is 0 Å². The van der Waals surface area contributed by atoms with E-state index in [-0.39, 0.29) is 12.0 Å². The summed E-state index contributed by atoms with van der Waals surface area (Å²) >= 11 is 0. The molecule has 0 radical (unpaired) electrons. The van der Waals surface area contributed by atoms with Gasteiger partial charge in [-0.05, 0) is 74.1 Å². The Kier molecular flexibility index (Phi) is 5.48. The van der Waals surface area contributed by atoms with Crippen LogP contribution in [0.15, 0.2) is 48.5 Å². The molecule has 2 atom stereocenters. The van der Waals surface area contributed by atoms with Crippen LogP contribution in [0, 0.1) is 5.92 Å². The number of nitrogens with zero attached hydrogens (tertiary/aromatic N) is 2. The molecule has 4 aliphatic rings. The molecule has 4 aliphatic heterocycles. The normalized spacial score (nSPS) is 27.2. The second-order valence-electron chi connectivity index (χ2n) is 8.84. The average molecular weight is 406 g/mol. The summed E-state index contributed by atoms with van der Waals surface area (Å²) < 4.78 is 5.11. The molecule has 1 N–H and O–H groups in total. The van der Waals surface area contributed by atoms with Crippen molar-refractivity contribution in [1.82, 2.24) is 10.2 Å². The first kappa shape index (κ1) is 19.6. The largest absolute Gasteiger partial charge is 0.465 e. The van der Waals surface area contributed by atoms with Gasteiger partial charge in [-0.15, -0.1) is 0 Å². The summed E-state index contributed by atoms with van der Waals surface area (Å²) in [6.45, 7) is 5.50. The Balaban J connectivity index is 1.38. The van der Waals surface area contributed by atoms with Gasteiger partial charge in [0.1, 0.15) is 0 Å². The van der Waals surface area contributed by atoms with Gasteiger partial charge < -0.3 is 19.9 Å². The van der Waals surface area contributed by atoms with E-state index in [0.29, 0.717) is 11.6 Å². The van der Waals surface area contributed by atoms with Crippen LogP contribution in [0.4, 0.5) is 5.69 Å². The molecule has 2 bridgehead atoms. The number of ether oxygens (including phenoxy) is 1. The molecular formula is C25H31N3O2. The molecule has 0 saturated carbocycles. The maximum absolute atomic E-state index is 12.5. The summed E-state index contributed by atoms with van der Waals surface area (Å²) in [5, 5.41) is 3.86. The Morgan fingerprint density at radius 3 is 2.60 bits per heavy atom. The van der Waals surface area contributed by atoms with Crippen LogP contribution < -0.4 is 10.2 Å². The number of piperidine rings is 3. The van der Waals surface area contributed by atoms with Crippen molar-refractivity contribution in [2.45, 2.75) is 37.9 Å². The third-order valence-electron chi connectivity index (χ3n) is 7.22. The number of anilines is 1. The lowest BCUT2D eigenvalue weighted by Gasteiger charge is -2.45. The number of fused-ring (bicyclic) bond motifs is 4. The van der Waals surface area contributed by atoms with Crippen molar-refractivity contribution in [2.75, 3.05) is 38.2 Å². The van der Waals surface area contributed by atoms with Crippen molar-refractivity contribution < 1.29 is 9.53 Å². The SMILES string of the molecule is COC(=O)c1cccc2c1C(CCNC1CN3CCC1CC3)N(c1ccccc1)C2. The highest BCUT2D eigenvalue weighted by atomic mass is 16.5. The van der Waals surface area contributed by atoms with E-state index in [1.165, 1.54) is 50.8 Å². The highest BCUT2D eigenvalue weighted by Gasteiger charge is 2.36. The molecule has 2 unspecified atom stereocenters. The van der Waals surface area contributed by atoms with Crippen LogP contribution in [0.3, 0.4) is 0 Å². The summed E-state index contributed by atoms with van der Waals surface area (Å²) in [6, 6.07) is 17.4. The first-order valence-electron chi connectivity index (χ1n) is 11.2. The quantitative estimate of drug-likeness (QED) is 0.744. The van der Waals surface area contributed by atoms with Crippen molar-refractivity contribution in [1.29, 1.82) is 0 Å². The monoisotopic (exact) mass is 405 g/mol. The number of hydrogen-bond donors (Lipinski definition) is 1. The number of nitrogens with one attached hydrogen (secondary N) is 1. The molecule has 2 aromatic rings. The molecule has 0 spiro atoms. The van der Waals surface area contributed by atoms with Crippen LogP contribution in [0.1, 0.15) is 46.8 Å². The minimum Gasteiger partial charge on any atom is -0.465 e. The van der Waals surface area contributed by atoms with Crippen LogP contribution in [-0.2, 0) is 11.3 Å². The van der Waals surface area contributed by atoms with Crippen molar-refractivity contribution in [2.24, 2.45) is 5.92 Å². The maximum Gasteiger partial charge on any atom is 0.338 e. The van der Waals surface area contributed by atoms with Crippen molar-refractivity contribution >= 4 is 11.7 Å². The van der Waals surface area contributed by atoms with E-state index in [1.54, 1.807) is 0 Å². The molecule has 0 amide bonds. The second kappa shape index (κ2) is 8.40. The second-order valence-corrected chi connectivity index (χ2v) is 8.84. The number of benzene rings is 2. The summed E-state index contributed by atoms with van der Waals surface area (Å²) in [5.74, 6) is 0.582. The molecule has 5 heteroatoms. The zero-order chi connectivity index (χ0) is 20.5. The smallest absolute Gasteiger partial charge is 0.338 e. The van der Waals surface area contributed by atoms with Gasteiger partial charge in [-0.25, -0.2) is 4.79 Å². The molecule has 2 aromatic carbocycles. The maximum atomic E-state index is 12.5. The lowest BCUT2D eigenvalue weighted by atomic mass is 9.84. The van der Waals surface area contributed by atoms with E-state index in [2.05, 4.69) is 51.5 Å². The van der Waals surface area contributed by atoms with E-state index in [4.69, 9.17) is 4.74 Å². The first-order chi connectivity index (χ1) is 14.7. The molecule has 30 heavy (non-hydrogen) atoms. The zero-order valence-electron chi connectivity index (χ0n) is 17.7. The standard InChI is InChI=1S/C25H31N3O2/c1-30-25(29)21-9-5-6-19-16-28(20-7-3-2-4-8-20)23(24(19)21)10-13-26-22-17-27-14-11-18(22)12-15-27/h2-9,18,22-23,26H,10-17H2,1H3. The van der Waals surface area contributed by atoms with Crippen LogP contribution >= 0.6 is 0 Å². The van der Waals surface area contributed by atoms with Crippen molar-refractivity contribution in [3.05, 3.63) is 65.2 Å². The minimum atomic E-state index is -0.239.